The highest BCUT2D eigenvalue weighted by Crippen LogP contribution is 2.80. The molecule has 0 N–H and O–H groups in total. The van der Waals surface area contributed by atoms with Crippen LogP contribution >= 0.6 is 46.4 Å². The van der Waals surface area contributed by atoms with E-state index in [0.29, 0.717) is 0 Å². The van der Waals surface area contributed by atoms with Gasteiger partial charge in [0, 0.05) is 23.7 Å². The Morgan fingerprint density at radius 3 is 1.18 bits per heavy atom. The standard InChI is InChI=1S/C18H14Cl4/c19-17(20)13(11-7-3-1-4-8-11)15(17)16-14(18(16,21)22)12-9-5-2-6-10-12/h1-10,13-16H/t13-,14+,15+,16-. The molecule has 22 heavy (non-hydrogen) atoms. The molecule has 2 aromatic carbocycles. The van der Waals surface area contributed by atoms with Gasteiger partial charge < -0.3 is 0 Å². The first-order valence-corrected chi connectivity index (χ1v) is 8.82. The molecule has 0 radical (unpaired) electrons. The molecule has 2 fully saturated rings. The van der Waals surface area contributed by atoms with Crippen molar-refractivity contribution in [2.45, 2.75) is 20.5 Å². The van der Waals surface area contributed by atoms with Gasteiger partial charge in [0.1, 0.15) is 8.67 Å². The van der Waals surface area contributed by atoms with Gasteiger partial charge >= 0.3 is 0 Å². The van der Waals surface area contributed by atoms with Crippen LogP contribution in [-0.4, -0.2) is 8.67 Å². The lowest BCUT2D eigenvalue weighted by Crippen LogP contribution is -1.98. The maximum absolute atomic E-state index is 6.57. The van der Waals surface area contributed by atoms with Crippen LogP contribution in [0.4, 0.5) is 0 Å². The molecule has 0 nitrogen and oxygen atoms in total. The Morgan fingerprint density at radius 1 is 0.545 bits per heavy atom. The number of hydrogen-bond acceptors (Lipinski definition) is 0. The third-order valence-corrected chi connectivity index (χ3v) is 6.87. The molecule has 4 heteroatoms. The zero-order valence-electron chi connectivity index (χ0n) is 11.6. The fourth-order valence-corrected chi connectivity index (χ4v) is 5.62. The number of rotatable bonds is 3. The van der Waals surface area contributed by atoms with Crippen molar-refractivity contribution in [3.8, 4) is 0 Å². The van der Waals surface area contributed by atoms with Crippen LogP contribution in [0.25, 0.3) is 0 Å². The number of alkyl halides is 4. The van der Waals surface area contributed by atoms with Crippen molar-refractivity contribution in [3.63, 3.8) is 0 Å². The second kappa shape index (κ2) is 5.05. The monoisotopic (exact) mass is 370 g/mol. The van der Waals surface area contributed by atoms with Crippen molar-refractivity contribution in [2.24, 2.45) is 11.8 Å². The maximum Gasteiger partial charge on any atom is 0.129 e. The molecule has 2 saturated carbocycles. The Balaban J connectivity index is 1.64. The van der Waals surface area contributed by atoms with Crippen LogP contribution in [0.1, 0.15) is 23.0 Å². The van der Waals surface area contributed by atoms with Crippen LogP contribution in [0.15, 0.2) is 60.7 Å². The van der Waals surface area contributed by atoms with Crippen LogP contribution in [0.2, 0.25) is 0 Å². The molecule has 0 amide bonds. The van der Waals surface area contributed by atoms with Crippen LogP contribution < -0.4 is 0 Å². The van der Waals surface area contributed by atoms with E-state index in [-0.39, 0.29) is 23.7 Å². The summed E-state index contributed by atoms with van der Waals surface area (Å²) in [5.74, 6) is 0.345. The third-order valence-electron chi connectivity index (χ3n) is 4.92. The van der Waals surface area contributed by atoms with Crippen molar-refractivity contribution in [2.75, 3.05) is 0 Å². The van der Waals surface area contributed by atoms with Gasteiger partial charge in [-0.1, -0.05) is 60.7 Å². The predicted octanol–water partition coefficient (Wildman–Crippen LogP) is 6.16. The van der Waals surface area contributed by atoms with Gasteiger partial charge in [0.15, 0.2) is 0 Å². The largest absolute Gasteiger partial charge is 0.129 e. The van der Waals surface area contributed by atoms with Gasteiger partial charge in [0.2, 0.25) is 0 Å². The van der Waals surface area contributed by atoms with Gasteiger partial charge in [-0.3, -0.25) is 0 Å². The predicted molar refractivity (Wildman–Crippen MR) is 94.2 cm³/mol. The van der Waals surface area contributed by atoms with Crippen molar-refractivity contribution in [1.29, 1.82) is 0 Å². The van der Waals surface area contributed by atoms with E-state index in [1.165, 1.54) is 0 Å². The minimum absolute atomic E-state index is 0.0819. The SMILES string of the molecule is ClC1(Cl)[C@H]([C@H]2[C@H](c3ccccc3)C2(Cl)Cl)[C@H]1c1ccccc1. The van der Waals surface area contributed by atoms with E-state index in [9.17, 15) is 0 Å². The molecule has 0 saturated heterocycles. The summed E-state index contributed by atoms with van der Waals surface area (Å²) in [5.41, 5.74) is 2.31. The summed E-state index contributed by atoms with van der Waals surface area (Å²) in [6.45, 7) is 0. The summed E-state index contributed by atoms with van der Waals surface area (Å²) in [5, 5.41) is 0. The molecule has 0 heterocycles. The lowest BCUT2D eigenvalue weighted by atomic mass is 10.0. The second-order valence-electron chi connectivity index (χ2n) is 6.18. The fourth-order valence-electron chi connectivity index (χ4n) is 3.77. The Kier molecular flexibility index (Phi) is 3.47. The summed E-state index contributed by atoms with van der Waals surface area (Å²) >= 11 is 26.3. The van der Waals surface area contributed by atoms with Crippen LogP contribution in [0.5, 0.6) is 0 Å². The molecule has 2 aliphatic carbocycles. The van der Waals surface area contributed by atoms with E-state index in [1.807, 2.05) is 36.4 Å². The summed E-state index contributed by atoms with van der Waals surface area (Å²) in [6.07, 6.45) is 0. The normalized spacial score (nSPS) is 34.2. The van der Waals surface area contributed by atoms with Gasteiger partial charge in [0.05, 0.1) is 0 Å². The van der Waals surface area contributed by atoms with Crippen molar-refractivity contribution in [1.82, 2.24) is 0 Å². The molecule has 0 aliphatic heterocycles. The molecule has 114 valence electrons. The van der Waals surface area contributed by atoms with E-state index < -0.39 is 8.67 Å². The molecular weight excluding hydrogens is 358 g/mol. The Bertz CT molecular complexity index is 619. The van der Waals surface area contributed by atoms with E-state index in [4.69, 9.17) is 46.4 Å². The molecule has 2 aromatic rings. The zero-order valence-corrected chi connectivity index (χ0v) is 14.6. The second-order valence-corrected chi connectivity index (χ2v) is 9.07. The van der Waals surface area contributed by atoms with Crippen molar-refractivity contribution in [3.05, 3.63) is 71.8 Å². The molecule has 0 unspecified atom stereocenters. The molecular formula is C18H14Cl4. The topological polar surface area (TPSA) is 0 Å². The van der Waals surface area contributed by atoms with Gasteiger partial charge in [-0.25, -0.2) is 0 Å². The molecule has 2 aliphatic rings. The smallest absolute Gasteiger partial charge is 0.101 e. The minimum Gasteiger partial charge on any atom is -0.101 e. The van der Waals surface area contributed by atoms with Crippen LogP contribution in [0.3, 0.4) is 0 Å². The summed E-state index contributed by atoms with van der Waals surface area (Å²) in [6, 6.07) is 20.3. The highest BCUT2D eigenvalue weighted by Gasteiger charge is 2.79. The average molecular weight is 372 g/mol. The zero-order chi connectivity index (χ0) is 15.5. The maximum atomic E-state index is 6.57. The number of hydrogen-bond donors (Lipinski definition) is 0. The summed E-state index contributed by atoms with van der Waals surface area (Å²) < 4.78 is -1.57. The van der Waals surface area contributed by atoms with Crippen molar-refractivity contribution >= 4 is 46.4 Å². The van der Waals surface area contributed by atoms with Crippen LogP contribution in [0, 0.1) is 11.8 Å². The molecule has 4 atom stereocenters. The quantitative estimate of drug-likeness (QED) is 0.566. The Labute approximate surface area is 150 Å². The molecule has 4 rings (SSSR count). The Hall–Kier alpha value is -0.400. The van der Waals surface area contributed by atoms with Crippen LogP contribution in [-0.2, 0) is 0 Å². The average Bonchev–Trinajstić information content (AvgIpc) is 3.28. The lowest BCUT2D eigenvalue weighted by molar-refractivity contribution is 0.657. The first-order chi connectivity index (χ1) is 10.5. The number of halogens is 4. The summed E-state index contributed by atoms with van der Waals surface area (Å²) in [7, 11) is 0. The van der Waals surface area contributed by atoms with Crippen molar-refractivity contribution < 1.29 is 0 Å². The lowest BCUT2D eigenvalue weighted by Gasteiger charge is -1.99. The minimum atomic E-state index is -0.787. The first-order valence-electron chi connectivity index (χ1n) is 7.31. The number of benzene rings is 2. The molecule has 0 bridgehead atoms. The van der Waals surface area contributed by atoms with E-state index in [0.717, 1.165) is 11.1 Å². The highest BCUT2D eigenvalue weighted by molar-refractivity contribution is 6.54. The summed E-state index contributed by atoms with van der Waals surface area (Å²) in [4.78, 5) is 0. The highest BCUT2D eigenvalue weighted by atomic mass is 35.5. The van der Waals surface area contributed by atoms with Gasteiger partial charge in [-0.15, -0.1) is 46.4 Å². The third kappa shape index (κ3) is 2.19. The van der Waals surface area contributed by atoms with Gasteiger partial charge in [-0.2, -0.15) is 0 Å². The fraction of sp³-hybridized carbons (Fsp3) is 0.333. The first kappa shape index (κ1) is 15.1. The van der Waals surface area contributed by atoms with E-state index in [1.54, 1.807) is 0 Å². The molecule has 0 spiro atoms. The molecule has 0 aromatic heterocycles. The van der Waals surface area contributed by atoms with E-state index in [2.05, 4.69) is 24.3 Å². The van der Waals surface area contributed by atoms with E-state index >= 15 is 0 Å². The van der Waals surface area contributed by atoms with Gasteiger partial charge in [0.25, 0.3) is 0 Å². The Morgan fingerprint density at radius 2 is 0.864 bits per heavy atom. The van der Waals surface area contributed by atoms with Gasteiger partial charge in [-0.05, 0) is 11.1 Å².